The van der Waals surface area contributed by atoms with Crippen molar-refractivity contribution in [3.63, 3.8) is 0 Å². The predicted octanol–water partition coefficient (Wildman–Crippen LogP) is 3.79. The Morgan fingerprint density at radius 1 is 1.38 bits per heavy atom. The Labute approximate surface area is 102 Å². The third-order valence-electron chi connectivity index (χ3n) is 2.31. The average Bonchev–Trinajstić information content (AvgIpc) is 2.27. The second kappa shape index (κ2) is 6.66. The number of Topliss-reactive ketones (excluding diaryl/α,β-unsaturated/α-hetero) is 1. The Hall–Kier alpha value is -0.860. The molecular formula is C13H17ClO2. The van der Waals surface area contributed by atoms with E-state index in [1.807, 2.05) is 32.0 Å². The fourth-order valence-electron chi connectivity index (χ4n) is 1.59. The highest BCUT2D eigenvalue weighted by Crippen LogP contribution is 2.27. The van der Waals surface area contributed by atoms with Crippen LogP contribution >= 0.6 is 11.6 Å². The predicted molar refractivity (Wildman–Crippen MR) is 65.7 cm³/mol. The van der Waals surface area contributed by atoms with E-state index in [0.717, 1.165) is 12.0 Å². The first-order chi connectivity index (χ1) is 7.70. The van der Waals surface area contributed by atoms with Crippen molar-refractivity contribution >= 4 is 17.4 Å². The lowest BCUT2D eigenvalue weighted by Gasteiger charge is -2.17. The molecule has 0 spiro atoms. The molecular weight excluding hydrogens is 224 g/mol. The zero-order valence-electron chi connectivity index (χ0n) is 9.70. The molecule has 0 aliphatic rings. The molecule has 16 heavy (non-hydrogen) atoms. The van der Waals surface area contributed by atoms with E-state index in [1.165, 1.54) is 0 Å². The topological polar surface area (TPSA) is 26.3 Å². The van der Waals surface area contributed by atoms with E-state index in [1.54, 1.807) is 6.07 Å². The summed E-state index contributed by atoms with van der Waals surface area (Å²) >= 11 is 6.07. The molecule has 0 N–H and O–H groups in total. The van der Waals surface area contributed by atoms with Gasteiger partial charge in [-0.15, -0.1) is 0 Å². The molecule has 0 aliphatic carbocycles. The van der Waals surface area contributed by atoms with E-state index in [4.69, 9.17) is 16.3 Å². The monoisotopic (exact) mass is 240 g/mol. The molecule has 88 valence electrons. The lowest BCUT2D eigenvalue weighted by molar-refractivity contribution is -0.130. The van der Waals surface area contributed by atoms with Crippen LogP contribution < -0.4 is 0 Å². The molecule has 1 aromatic carbocycles. The standard InChI is InChI=1S/C13H17ClO2/c1-3-7-12(15)13(16-4-2)10-8-5-6-9-11(10)14/h5-6,8-9,13H,3-4,7H2,1-2H3. The number of halogens is 1. The third kappa shape index (κ3) is 3.32. The summed E-state index contributed by atoms with van der Waals surface area (Å²) in [6.45, 7) is 4.36. The highest BCUT2D eigenvalue weighted by Gasteiger charge is 2.21. The van der Waals surface area contributed by atoms with Crippen molar-refractivity contribution in [2.45, 2.75) is 32.8 Å². The van der Waals surface area contributed by atoms with Gasteiger partial charge in [-0.2, -0.15) is 0 Å². The molecule has 1 rings (SSSR count). The minimum atomic E-state index is -0.515. The minimum Gasteiger partial charge on any atom is -0.366 e. The summed E-state index contributed by atoms with van der Waals surface area (Å²) in [5.41, 5.74) is 0.768. The summed E-state index contributed by atoms with van der Waals surface area (Å²) in [5.74, 6) is 0.0949. The molecule has 1 aromatic rings. The molecule has 3 heteroatoms. The molecule has 0 radical (unpaired) electrons. The molecule has 0 heterocycles. The van der Waals surface area contributed by atoms with Crippen LogP contribution in [-0.2, 0) is 9.53 Å². The van der Waals surface area contributed by atoms with Crippen LogP contribution in [0.25, 0.3) is 0 Å². The maximum Gasteiger partial charge on any atom is 0.166 e. The molecule has 0 aliphatic heterocycles. The quantitative estimate of drug-likeness (QED) is 0.756. The number of hydrogen-bond acceptors (Lipinski definition) is 2. The van der Waals surface area contributed by atoms with Crippen molar-refractivity contribution in [3.05, 3.63) is 34.9 Å². The first-order valence-electron chi connectivity index (χ1n) is 5.59. The highest BCUT2D eigenvalue weighted by atomic mass is 35.5. The SMILES string of the molecule is CCCC(=O)C(OCC)c1ccccc1Cl. The second-order valence-corrected chi connectivity index (χ2v) is 3.98. The number of carbonyl (C=O) groups excluding carboxylic acids is 1. The van der Waals surface area contributed by atoms with Gasteiger partial charge in [0.1, 0.15) is 6.10 Å². The van der Waals surface area contributed by atoms with Crippen molar-refractivity contribution in [1.82, 2.24) is 0 Å². The van der Waals surface area contributed by atoms with Crippen LogP contribution in [0, 0.1) is 0 Å². The van der Waals surface area contributed by atoms with E-state index >= 15 is 0 Å². The van der Waals surface area contributed by atoms with E-state index < -0.39 is 6.10 Å². The van der Waals surface area contributed by atoms with Gasteiger partial charge >= 0.3 is 0 Å². The summed E-state index contributed by atoms with van der Waals surface area (Å²) in [7, 11) is 0. The fraction of sp³-hybridized carbons (Fsp3) is 0.462. The van der Waals surface area contributed by atoms with E-state index in [-0.39, 0.29) is 5.78 Å². The number of rotatable bonds is 6. The molecule has 0 aromatic heterocycles. The summed E-state index contributed by atoms with van der Waals surface area (Å²) < 4.78 is 5.49. The smallest absolute Gasteiger partial charge is 0.166 e. The van der Waals surface area contributed by atoms with Gasteiger partial charge in [0.25, 0.3) is 0 Å². The van der Waals surface area contributed by atoms with Gasteiger partial charge < -0.3 is 4.74 Å². The van der Waals surface area contributed by atoms with Crippen LogP contribution in [0.1, 0.15) is 38.4 Å². The lowest BCUT2D eigenvalue weighted by atomic mass is 10.0. The Bertz CT molecular complexity index is 350. The Balaban J connectivity index is 2.93. The normalized spacial score (nSPS) is 12.4. The fourth-order valence-corrected chi connectivity index (χ4v) is 1.82. The molecule has 0 saturated carbocycles. The van der Waals surface area contributed by atoms with Gasteiger partial charge in [-0.3, -0.25) is 4.79 Å². The summed E-state index contributed by atoms with van der Waals surface area (Å²) in [6, 6.07) is 7.34. The van der Waals surface area contributed by atoms with E-state index in [0.29, 0.717) is 18.1 Å². The summed E-state index contributed by atoms with van der Waals surface area (Å²) in [5, 5.41) is 0.588. The molecule has 1 atom stereocenters. The van der Waals surface area contributed by atoms with Crippen LogP contribution in [0.4, 0.5) is 0 Å². The Morgan fingerprint density at radius 2 is 2.06 bits per heavy atom. The maximum atomic E-state index is 11.9. The first kappa shape index (κ1) is 13.2. The van der Waals surface area contributed by atoms with Gasteiger partial charge in [0.05, 0.1) is 0 Å². The van der Waals surface area contributed by atoms with Crippen LogP contribution in [-0.4, -0.2) is 12.4 Å². The van der Waals surface area contributed by atoms with Crippen molar-refractivity contribution in [1.29, 1.82) is 0 Å². The molecule has 0 bridgehead atoms. The maximum absolute atomic E-state index is 11.9. The van der Waals surface area contributed by atoms with Gasteiger partial charge in [-0.1, -0.05) is 36.7 Å². The van der Waals surface area contributed by atoms with Crippen LogP contribution in [0.5, 0.6) is 0 Å². The van der Waals surface area contributed by atoms with Gasteiger partial charge in [-0.25, -0.2) is 0 Å². The van der Waals surface area contributed by atoms with Gasteiger partial charge in [0, 0.05) is 23.6 Å². The van der Waals surface area contributed by atoms with Crippen molar-refractivity contribution < 1.29 is 9.53 Å². The third-order valence-corrected chi connectivity index (χ3v) is 2.65. The molecule has 0 saturated heterocycles. The lowest BCUT2D eigenvalue weighted by Crippen LogP contribution is -2.16. The van der Waals surface area contributed by atoms with Gasteiger partial charge in [-0.05, 0) is 19.4 Å². The zero-order chi connectivity index (χ0) is 12.0. The van der Waals surface area contributed by atoms with Gasteiger partial charge in [0.2, 0.25) is 0 Å². The first-order valence-corrected chi connectivity index (χ1v) is 5.97. The number of ether oxygens (including phenoxy) is 1. The van der Waals surface area contributed by atoms with Crippen LogP contribution in [0.3, 0.4) is 0 Å². The second-order valence-electron chi connectivity index (χ2n) is 3.57. The van der Waals surface area contributed by atoms with Crippen molar-refractivity contribution in [2.24, 2.45) is 0 Å². The number of benzene rings is 1. The largest absolute Gasteiger partial charge is 0.366 e. The number of carbonyl (C=O) groups is 1. The van der Waals surface area contributed by atoms with Crippen LogP contribution in [0.15, 0.2) is 24.3 Å². The van der Waals surface area contributed by atoms with Crippen molar-refractivity contribution in [3.8, 4) is 0 Å². The Kier molecular flexibility index (Phi) is 5.50. The highest BCUT2D eigenvalue weighted by molar-refractivity contribution is 6.31. The van der Waals surface area contributed by atoms with E-state index in [9.17, 15) is 4.79 Å². The molecule has 1 unspecified atom stereocenters. The number of ketones is 1. The minimum absolute atomic E-state index is 0.0949. The van der Waals surface area contributed by atoms with Crippen molar-refractivity contribution in [2.75, 3.05) is 6.61 Å². The molecule has 2 nitrogen and oxygen atoms in total. The molecule has 0 amide bonds. The molecule has 0 fully saturated rings. The number of hydrogen-bond donors (Lipinski definition) is 0. The van der Waals surface area contributed by atoms with Gasteiger partial charge in [0.15, 0.2) is 5.78 Å². The van der Waals surface area contributed by atoms with E-state index in [2.05, 4.69) is 0 Å². The zero-order valence-corrected chi connectivity index (χ0v) is 10.5. The summed E-state index contributed by atoms with van der Waals surface area (Å²) in [4.78, 5) is 11.9. The van der Waals surface area contributed by atoms with Crippen LogP contribution in [0.2, 0.25) is 5.02 Å². The summed E-state index contributed by atoms with van der Waals surface area (Å²) in [6.07, 6.45) is 0.835. The Morgan fingerprint density at radius 3 is 2.62 bits per heavy atom. The average molecular weight is 241 g/mol.